The standard InChI is InChI=1S/C13H13ClN6O/c1-15-6-11-7-20(19-17-11)8-12-16-13(18-21-12)9-3-2-4-10(14)5-9/h2-5,7,15H,6,8H2,1H3. The van der Waals surface area contributed by atoms with Crippen LogP contribution in [-0.4, -0.2) is 32.2 Å². The molecule has 3 rings (SSSR count). The lowest BCUT2D eigenvalue weighted by molar-refractivity contribution is 0.364. The molecule has 1 aromatic carbocycles. The summed E-state index contributed by atoms with van der Waals surface area (Å²) in [4.78, 5) is 4.33. The minimum atomic E-state index is 0.379. The third kappa shape index (κ3) is 3.26. The molecule has 0 aliphatic carbocycles. The van der Waals surface area contributed by atoms with Crippen LogP contribution in [0.15, 0.2) is 35.0 Å². The Labute approximate surface area is 125 Å². The van der Waals surface area contributed by atoms with Crippen LogP contribution in [0.2, 0.25) is 5.02 Å². The Kier molecular flexibility index (Phi) is 3.94. The van der Waals surface area contributed by atoms with Gasteiger partial charge in [-0.3, -0.25) is 0 Å². The second-order valence-corrected chi connectivity index (χ2v) is 4.90. The van der Waals surface area contributed by atoms with Gasteiger partial charge in [-0.15, -0.1) is 5.10 Å². The van der Waals surface area contributed by atoms with Gasteiger partial charge in [0.1, 0.15) is 6.54 Å². The van der Waals surface area contributed by atoms with Gasteiger partial charge in [-0.25, -0.2) is 4.68 Å². The molecule has 0 saturated carbocycles. The number of rotatable bonds is 5. The fraction of sp³-hybridized carbons (Fsp3) is 0.231. The molecule has 108 valence electrons. The van der Waals surface area contributed by atoms with Gasteiger partial charge in [0.2, 0.25) is 11.7 Å². The van der Waals surface area contributed by atoms with Crippen LogP contribution in [0, 0.1) is 0 Å². The highest BCUT2D eigenvalue weighted by atomic mass is 35.5. The molecule has 0 bridgehead atoms. The molecule has 0 spiro atoms. The fourth-order valence-corrected chi connectivity index (χ4v) is 2.07. The van der Waals surface area contributed by atoms with Gasteiger partial charge >= 0.3 is 0 Å². The first-order valence-corrected chi connectivity index (χ1v) is 6.74. The second-order valence-electron chi connectivity index (χ2n) is 4.46. The molecule has 0 radical (unpaired) electrons. The monoisotopic (exact) mass is 304 g/mol. The maximum atomic E-state index is 5.95. The summed E-state index contributed by atoms with van der Waals surface area (Å²) >= 11 is 5.95. The van der Waals surface area contributed by atoms with E-state index in [9.17, 15) is 0 Å². The quantitative estimate of drug-likeness (QED) is 0.773. The lowest BCUT2D eigenvalue weighted by Gasteiger charge is -1.94. The highest BCUT2D eigenvalue weighted by Crippen LogP contribution is 2.20. The number of benzene rings is 1. The van der Waals surface area contributed by atoms with Gasteiger partial charge in [0.15, 0.2) is 0 Å². The average Bonchev–Trinajstić information content (AvgIpc) is 3.10. The molecule has 0 aliphatic heterocycles. The number of aromatic nitrogens is 5. The van der Waals surface area contributed by atoms with Crippen LogP contribution in [0.1, 0.15) is 11.6 Å². The van der Waals surface area contributed by atoms with E-state index in [0.29, 0.717) is 29.8 Å². The lowest BCUT2D eigenvalue weighted by Crippen LogP contribution is -2.05. The third-order valence-electron chi connectivity index (χ3n) is 2.79. The van der Waals surface area contributed by atoms with E-state index in [1.807, 2.05) is 25.4 Å². The average molecular weight is 305 g/mol. The molecule has 0 unspecified atom stereocenters. The summed E-state index contributed by atoms with van der Waals surface area (Å²) in [5.74, 6) is 0.967. The van der Waals surface area contributed by atoms with Crippen LogP contribution in [0.4, 0.5) is 0 Å². The largest absolute Gasteiger partial charge is 0.337 e. The van der Waals surface area contributed by atoms with Crippen molar-refractivity contribution in [2.24, 2.45) is 0 Å². The predicted octanol–water partition coefficient (Wildman–Crippen LogP) is 1.75. The van der Waals surface area contributed by atoms with E-state index in [1.165, 1.54) is 0 Å². The Morgan fingerprint density at radius 1 is 1.38 bits per heavy atom. The van der Waals surface area contributed by atoms with Crippen molar-refractivity contribution in [1.29, 1.82) is 0 Å². The summed E-state index contributed by atoms with van der Waals surface area (Å²) in [5, 5.41) is 15.6. The van der Waals surface area contributed by atoms with Gasteiger partial charge in [0.05, 0.1) is 11.9 Å². The number of hydrogen-bond acceptors (Lipinski definition) is 6. The summed E-state index contributed by atoms with van der Waals surface area (Å²) < 4.78 is 6.88. The van der Waals surface area contributed by atoms with Crippen molar-refractivity contribution in [2.45, 2.75) is 13.1 Å². The number of hydrogen-bond donors (Lipinski definition) is 1. The molecule has 21 heavy (non-hydrogen) atoms. The smallest absolute Gasteiger partial charge is 0.248 e. The van der Waals surface area contributed by atoms with Crippen molar-refractivity contribution < 1.29 is 4.52 Å². The molecule has 8 heteroatoms. The van der Waals surface area contributed by atoms with Gasteiger partial charge in [-0.1, -0.05) is 34.1 Å². The number of nitrogens with one attached hydrogen (secondary N) is 1. The minimum Gasteiger partial charge on any atom is -0.337 e. The van der Waals surface area contributed by atoms with Gasteiger partial charge in [0, 0.05) is 17.1 Å². The SMILES string of the molecule is CNCc1cn(Cc2nc(-c3cccc(Cl)c3)no2)nn1. The van der Waals surface area contributed by atoms with Crippen LogP contribution in [0.25, 0.3) is 11.4 Å². The van der Waals surface area contributed by atoms with Crippen molar-refractivity contribution in [3.05, 3.63) is 47.1 Å². The zero-order chi connectivity index (χ0) is 14.7. The van der Waals surface area contributed by atoms with E-state index in [1.54, 1.807) is 16.8 Å². The van der Waals surface area contributed by atoms with Gasteiger partial charge in [0.25, 0.3) is 0 Å². The van der Waals surface area contributed by atoms with Crippen LogP contribution < -0.4 is 5.32 Å². The van der Waals surface area contributed by atoms with E-state index < -0.39 is 0 Å². The van der Waals surface area contributed by atoms with E-state index in [-0.39, 0.29) is 0 Å². The third-order valence-corrected chi connectivity index (χ3v) is 3.03. The van der Waals surface area contributed by atoms with E-state index in [4.69, 9.17) is 16.1 Å². The van der Waals surface area contributed by atoms with Crippen molar-refractivity contribution >= 4 is 11.6 Å². The Bertz CT molecular complexity index is 738. The number of halogens is 1. The van der Waals surface area contributed by atoms with Crippen molar-refractivity contribution in [2.75, 3.05) is 7.05 Å². The van der Waals surface area contributed by atoms with E-state index in [2.05, 4.69) is 25.8 Å². The maximum absolute atomic E-state index is 5.95. The van der Waals surface area contributed by atoms with E-state index >= 15 is 0 Å². The Balaban J connectivity index is 1.75. The van der Waals surface area contributed by atoms with Crippen LogP contribution in [0.3, 0.4) is 0 Å². The van der Waals surface area contributed by atoms with Gasteiger partial charge in [-0.2, -0.15) is 4.98 Å². The van der Waals surface area contributed by atoms with E-state index in [0.717, 1.165) is 11.3 Å². The summed E-state index contributed by atoms with van der Waals surface area (Å²) in [7, 11) is 1.86. The molecule has 0 amide bonds. The highest BCUT2D eigenvalue weighted by Gasteiger charge is 2.10. The summed E-state index contributed by atoms with van der Waals surface area (Å²) in [6.45, 7) is 1.04. The molecule has 0 aliphatic rings. The van der Waals surface area contributed by atoms with Crippen LogP contribution in [0.5, 0.6) is 0 Å². The van der Waals surface area contributed by atoms with Gasteiger partial charge < -0.3 is 9.84 Å². The topological polar surface area (TPSA) is 81.7 Å². The molecule has 2 heterocycles. The molecule has 1 N–H and O–H groups in total. The minimum absolute atomic E-state index is 0.379. The van der Waals surface area contributed by atoms with Crippen LogP contribution >= 0.6 is 11.6 Å². The molecule has 3 aromatic rings. The Morgan fingerprint density at radius 3 is 3.10 bits per heavy atom. The predicted molar refractivity (Wildman–Crippen MR) is 76.6 cm³/mol. The van der Waals surface area contributed by atoms with Crippen molar-refractivity contribution in [3.63, 3.8) is 0 Å². The summed E-state index contributed by atoms with van der Waals surface area (Å²) in [5.41, 5.74) is 1.67. The second kappa shape index (κ2) is 6.02. The molecule has 7 nitrogen and oxygen atoms in total. The lowest BCUT2D eigenvalue weighted by atomic mass is 10.2. The van der Waals surface area contributed by atoms with Crippen LogP contribution in [-0.2, 0) is 13.1 Å². The number of nitrogens with zero attached hydrogens (tertiary/aromatic N) is 5. The summed E-state index contributed by atoms with van der Waals surface area (Å²) in [6.07, 6.45) is 1.83. The normalized spacial score (nSPS) is 11.0. The zero-order valence-electron chi connectivity index (χ0n) is 11.3. The molecular weight excluding hydrogens is 292 g/mol. The van der Waals surface area contributed by atoms with Gasteiger partial charge in [-0.05, 0) is 19.2 Å². The first-order chi connectivity index (χ1) is 10.2. The van der Waals surface area contributed by atoms with Crippen molar-refractivity contribution in [1.82, 2.24) is 30.5 Å². The first-order valence-electron chi connectivity index (χ1n) is 6.37. The highest BCUT2D eigenvalue weighted by molar-refractivity contribution is 6.30. The molecule has 0 fully saturated rings. The fourth-order valence-electron chi connectivity index (χ4n) is 1.88. The Morgan fingerprint density at radius 2 is 2.29 bits per heavy atom. The molecule has 0 atom stereocenters. The molecule has 0 saturated heterocycles. The first kappa shape index (κ1) is 13.7. The maximum Gasteiger partial charge on any atom is 0.248 e. The Hall–Kier alpha value is -2.25. The molecule has 2 aromatic heterocycles. The molecular formula is C13H13ClN6O. The van der Waals surface area contributed by atoms with Crippen molar-refractivity contribution in [3.8, 4) is 11.4 Å². The summed E-state index contributed by atoms with van der Waals surface area (Å²) in [6, 6.07) is 7.30. The zero-order valence-corrected chi connectivity index (χ0v) is 12.1.